The molecule has 2 N–H and O–H groups in total. The third-order valence-corrected chi connectivity index (χ3v) is 8.44. The SMILES string of the molecule is CC(C)c1cc(N2CCN(CCC3CCC(NC(=O)CC4CC(O)C4)CC3)CC2)nc(C(C)(C)C)n1. The predicted molar refractivity (Wildman–Crippen MR) is 145 cm³/mol. The highest BCUT2D eigenvalue weighted by Crippen LogP contribution is 2.31. The van der Waals surface area contributed by atoms with Gasteiger partial charge in [0.2, 0.25) is 5.91 Å². The number of piperazine rings is 1. The molecule has 1 aromatic rings. The normalized spacial score (nSPS) is 27.7. The first-order valence-corrected chi connectivity index (χ1v) is 14.4. The fourth-order valence-corrected chi connectivity index (χ4v) is 5.82. The summed E-state index contributed by atoms with van der Waals surface area (Å²) in [5.41, 5.74) is 1.09. The average molecular weight is 500 g/mol. The quantitative estimate of drug-likeness (QED) is 0.557. The molecule has 3 fully saturated rings. The number of carbonyl (C=O) groups excluding carboxylic acids is 1. The number of anilines is 1. The van der Waals surface area contributed by atoms with Gasteiger partial charge in [-0.1, -0.05) is 34.6 Å². The average Bonchev–Trinajstić information content (AvgIpc) is 2.82. The van der Waals surface area contributed by atoms with E-state index in [-0.39, 0.29) is 17.4 Å². The van der Waals surface area contributed by atoms with Gasteiger partial charge in [-0.25, -0.2) is 9.97 Å². The Morgan fingerprint density at radius 2 is 1.72 bits per heavy atom. The molecule has 7 heteroatoms. The highest BCUT2D eigenvalue weighted by molar-refractivity contribution is 5.76. The molecule has 0 radical (unpaired) electrons. The number of hydrogen-bond donors (Lipinski definition) is 2. The number of rotatable bonds is 8. The number of aliphatic hydroxyl groups excluding tert-OH is 1. The van der Waals surface area contributed by atoms with Gasteiger partial charge in [0, 0.05) is 55.8 Å². The van der Waals surface area contributed by atoms with Gasteiger partial charge in [0.1, 0.15) is 11.6 Å². The predicted octanol–water partition coefficient (Wildman–Crippen LogP) is 4.25. The van der Waals surface area contributed by atoms with Gasteiger partial charge in [-0.05, 0) is 69.2 Å². The van der Waals surface area contributed by atoms with Crippen molar-refractivity contribution >= 4 is 11.7 Å². The van der Waals surface area contributed by atoms with Gasteiger partial charge in [-0.15, -0.1) is 0 Å². The van der Waals surface area contributed by atoms with E-state index in [4.69, 9.17) is 9.97 Å². The second-order valence-corrected chi connectivity index (χ2v) is 13.0. The van der Waals surface area contributed by atoms with E-state index >= 15 is 0 Å². The maximum atomic E-state index is 12.3. The Morgan fingerprint density at radius 3 is 2.31 bits per heavy atom. The van der Waals surface area contributed by atoms with Gasteiger partial charge < -0.3 is 15.3 Å². The molecule has 1 aromatic heterocycles. The fourth-order valence-electron chi connectivity index (χ4n) is 5.82. The molecule has 202 valence electrons. The van der Waals surface area contributed by atoms with Crippen molar-refractivity contribution in [2.45, 2.75) is 109 Å². The molecule has 1 aliphatic heterocycles. The summed E-state index contributed by atoms with van der Waals surface area (Å²) in [6.45, 7) is 16.4. The number of aliphatic hydroxyl groups is 1. The Bertz CT molecular complexity index is 861. The van der Waals surface area contributed by atoms with E-state index in [0.29, 0.717) is 24.3 Å². The summed E-state index contributed by atoms with van der Waals surface area (Å²) in [5, 5.41) is 12.7. The maximum absolute atomic E-state index is 12.3. The third-order valence-electron chi connectivity index (χ3n) is 8.44. The van der Waals surface area contributed by atoms with Gasteiger partial charge in [0.15, 0.2) is 0 Å². The lowest BCUT2D eigenvalue weighted by Crippen LogP contribution is -2.47. The van der Waals surface area contributed by atoms with Crippen LogP contribution in [0.1, 0.15) is 103 Å². The fraction of sp³-hybridized carbons (Fsp3) is 0.828. The highest BCUT2D eigenvalue weighted by Gasteiger charge is 2.30. The van der Waals surface area contributed by atoms with Crippen LogP contribution in [-0.4, -0.2) is 70.8 Å². The molecular formula is C29H49N5O2. The Hall–Kier alpha value is -1.73. The molecular weight excluding hydrogens is 450 g/mol. The highest BCUT2D eigenvalue weighted by atomic mass is 16.3. The minimum atomic E-state index is -0.174. The topological polar surface area (TPSA) is 81.6 Å². The molecule has 0 unspecified atom stereocenters. The molecule has 2 heterocycles. The first-order valence-electron chi connectivity index (χ1n) is 14.4. The first-order chi connectivity index (χ1) is 17.1. The summed E-state index contributed by atoms with van der Waals surface area (Å²) >= 11 is 0. The molecule has 0 aromatic carbocycles. The van der Waals surface area contributed by atoms with Crippen LogP contribution in [0.25, 0.3) is 0 Å². The van der Waals surface area contributed by atoms with Crippen molar-refractivity contribution in [3.63, 3.8) is 0 Å². The van der Waals surface area contributed by atoms with Crippen molar-refractivity contribution in [3.05, 3.63) is 17.6 Å². The van der Waals surface area contributed by atoms with Gasteiger partial charge in [0.05, 0.1) is 6.10 Å². The van der Waals surface area contributed by atoms with Crippen LogP contribution in [0.3, 0.4) is 0 Å². The Kier molecular flexibility index (Phi) is 8.92. The second-order valence-electron chi connectivity index (χ2n) is 13.0. The van der Waals surface area contributed by atoms with Crippen LogP contribution in [0.4, 0.5) is 5.82 Å². The summed E-state index contributed by atoms with van der Waals surface area (Å²) in [6.07, 6.45) is 7.94. The molecule has 0 bridgehead atoms. The van der Waals surface area contributed by atoms with Crippen molar-refractivity contribution in [2.24, 2.45) is 11.8 Å². The number of nitrogens with one attached hydrogen (secondary N) is 1. The van der Waals surface area contributed by atoms with Crippen molar-refractivity contribution in [3.8, 4) is 0 Å². The van der Waals surface area contributed by atoms with Crippen molar-refractivity contribution in [1.29, 1.82) is 0 Å². The van der Waals surface area contributed by atoms with E-state index in [1.54, 1.807) is 0 Å². The molecule has 0 atom stereocenters. The Labute approximate surface area is 218 Å². The van der Waals surface area contributed by atoms with Crippen LogP contribution in [0.15, 0.2) is 6.07 Å². The van der Waals surface area contributed by atoms with E-state index in [9.17, 15) is 9.90 Å². The van der Waals surface area contributed by atoms with Crippen molar-refractivity contribution in [1.82, 2.24) is 20.2 Å². The zero-order valence-electron chi connectivity index (χ0n) is 23.3. The molecule has 36 heavy (non-hydrogen) atoms. The molecule has 4 rings (SSSR count). The Balaban J connectivity index is 1.17. The van der Waals surface area contributed by atoms with Crippen LogP contribution in [0, 0.1) is 11.8 Å². The van der Waals surface area contributed by atoms with E-state index in [2.05, 4.69) is 55.8 Å². The van der Waals surface area contributed by atoms with Crippen LogP contribution in [0.5, 0.6) is 0 Å². The molecule has 1 amide bonds. The smallest absolute Gasteiger partial charge is 0.220 e. The maximum Gasteiger partial charge on any atom is 0.220 e. The van der Waals surface area contributed by atoms with Crippen LogP contribution < -0.4 is 10.2 Å². The Morgan fingerprint density at radius 1 is 1.06 bits per heavy atom. The van der Waals surface area contributed by atoms with Crippen LogP contribution >= 0.6 is 0 Å². The number of hydrogen-bond acceptors (Lipinski definition) is 6. The van der Waals surface area contributed by atoms with E-state index < -0.39 is 0 Å². The largest absolute Gasteiger partial charge is 0.393 e. The summed E-state index contributed by atoms with van der Waals surface area (Å²) in [6, 6.07) is 2.55. The van der Waals surface area contributed by atoms with Crippen molar-refractivity contribution < 1.29 is 9.90 Å². The monoisotopic (exact) mass is 499 g/mol. The zero-order chi connectivity index (χ0) is 25.9. The van der Waals surface area contributed by atoms with E-state index in [0.717, 1.165) is 75.1 Å². The number of amides is 1. The summed E-state index contributed by atoms with van der Waals surface area (Å²) < 4.78 is 0. The van der Waals surface area contributed by atoms with Crippen molar-refractivity contribution in [2.75, 3.05) is 37.6 Å². The lowest BCUT2D eigenvalue weighted by Gasteiger charge is -2.37. The zero-order valence-corrected chi connectivity index (χ0v) is 23.3. The number of nitrogens with zero attached hydrogens (tertiary/aromatic N) is 4. The van der Waals surface area contributed by atoms with E-state index in [1.807, 2.05) is 0 Å². The van der Waals surface area contributed by atoms with Gasteiger partial charge >= 0.3 is 0 Å². The molecule has 1 saturated heterocycles. The summed E-state index contributed by atoms with van der Waals surface area (Å²) in [7, 11) is 0. The summed E-state index contributed by atoms with van der Waals surface area (Å²) in [4.78, 5) is 27.2. The molecule has 0 spiro atoms. The van der Waals surface area contributed by atoms with Gasteiger partial charge in [0.25, 0.3) is 0 Å². The molecule has 2 saturated carbocycles. The molecule has 3 aliphatic rings. The standard InChI is InChI=1S/C29H49N5O2/c1-20(2)25-19-26(32-28(31-25)29(3,4)5)34-14-12-33(13-15-34)11-10-21-6-8-23(9-7-21)30-27(36)18-22-16-24(35)17-22/h19-24,35H,6-18H2,1-5H3,(H,30,36). The lowest BCUT2D eigenvalue weighted by atomic mass is 9.79. The van der Waals surface area contributed by atoms with Gasteiger partial charge in [-0.3, -0.25) is 9.69 Å². The lowest BCUT2D eigenvalue weighted by molar-refractivity contribution is -0.124. The van der Waals surface area contributed by atoms with Gasteiger partial charge in [-0.2, -0.15) is 0 Å². The third kappa shape index (κ3) is 7.41. The number of aromatic nitrogens is 2. The van der Waals surface area contributed by atoms with Crippen LogP contribution in [0.2, 0.25) is 0 Å². The van der Waals surface area contributed by atoms with Crippen LogP contribution in [-0.2, 0) is 10.2 Å². The molecule has 7 nitrogen and oxygen atoms in total. The minimum absolute atomic E-state index is 0.0521. The minimum Gasteiger partial charge on any atom is -0.393 e. The second kappa shape index (κ2) is 11.8. The molecule has 2 aliphatic carbocycles. The summed E-state index contributed by atoms with van der Waals surface area (Å²) in [5.74, 6) is 3.79. The van der Waals surface area contributed by atoms with E-state index in [1.165, 1.54) is 25.8 Å². The first kappa shape index (κ1) is 27.3. The number of carbonyl (C=O) groups is 1.